The number of pyridine rings is 1. The second kappa shape index (κ2) is 12.3. The monoisotopic (exact) mass is 765 g/mol. The van der Waals surface area contributed by atoms with Gasteiger partial charge in [0.25, 0.3) is 0 Å². The van der Waals surface area contributed by atoms with E-state index in [1.807, 2.05) is 91.0 Å². The first kappa shape index (κ1) is 30.2. The Labute approximate surface area is 278 Å². The Bertz CT molecular complexity index is 2100. The summed E-state index contributed by atoms with van der Waals surface area (Å²) < 4.78 is 2.16. The number of hydrogen-bond acceptors (Lipinski definition) is 3. The van der Waals surface area contributed by atoms with E-state index in [1.165, 1.54) is 5.56 Å². The molecule has 5 heteroatoms. The first-order valence-electron chi connectivity index (χ1n) is 14.8. The summed E-state index contributed by atoms with van der Waals surface area (Å²) >= 11 is 0. The van der Waals surface area contributed by atoms with E-state index in [0.717, 1.165) is 50.2 Å². The van der Waals surface area contributed by atoms with Crippen LogP contribution in [0.15, 0.2) is 134 Å². The van der Waals surface area contributed by atoms with Gasteiger partial charge in [-0.3, -0.25) is 9.55 Å². The van der Waals surface area contributed by atoms with E-state index < -0.39 is 0 Å². The largest absolute Gasteiger partial charge is 0.507 e. The number of fused-ring (bicyclic) bond motifs is 1. The summed E-state index contributed by atoms with van der Waals surface area (Å²) in [6, 6.07) is 46.4. The van der Waals surface area contributed by atoms with Crippen LogP contribution in [-0.2, 0) is 26.5 Å². The smallest absolute Gasteiger partial charge is 0.148 e. The number of para-hydroxylation sites is 1. The molecule has 0 saturated carbocycles. The number of rotatable bonds is 5. The Morgan fingerprint density at radius 1 is 0.667 bits per heavy atom. The normalized spacial score (nSPS) is 11.4. The van der Waals surface area contributed by atoms with Gasteiger partial charge in [-0.2, -0.15) is 0 Å². The van der Waals surface area contributed by atoms with Gasteiger partial charge in [0, 0.05) is 38.6 Å². The summed E-state index contributed by atoms with van der Waals surface area (Å²) in [4.78, 5) is 9.85. The van der Waals surface area contributed by atoms with Crippen molar-refractivity contribution < 1.29 is 26.2 Å². The SMILES string of the molecule is CC(C)(C)c1cc(-c2[c-]c(-c3ccccn3)ccc2)c2nc(-c3ccc(-c4ccccc4)cc3O)n(-c3ccccc3)c2c1.[Pt]. The molecule has 0 fully saturated rings. The first-order chi connectivity index (χ1) is 21.4. The number of nitrogens with zero attached hydrogens (tertiary/aromatic N) is 3. The van der Waals surface area contributed by atoms with E-state index in [-0.39, 0.29) is 32.2 Å². The molecule has 1 N–H and O–H groups in total. The van der Waals surface area contributed by atoms with Crippen LogP contribution in [0.2, 0.25) is 0 Å². The quantitative estimate of drug-likeness (QED) is 0.178. The van der Waals surface area contributed by atoms with Crippen molar-refractivity contribution in [3.05, 3.63) is 145 Å². The van der Waals surface area contributed by atoms with Gasteiger partial charge in [0.05, 0.1) is 16.6 Å². The van der Waals surface area contributed by atoms with Crippen LogP contribution in [0.3, 0.4) is 0 Å². The van der Waals surface area contributed by atoms with Gasteiger partial charge in [-0.05, 0) is 58.5 Å². The molecule has 5 aromatic carbocycles. The van der Waals surface area contributed by atoms with E-state index in [9.17, 15) is 5.11 Å². The summed E-state index contributed by atoms with van der Waals surface area (Å²) in [5, 5.41) is 11.5. The number of phenolic OH excluding ortho intramolecular Hbond substituents is 1. The van der Waals surface area contributed by atoms with Crippen molar-refractivity contribution in [1.82, 2.24) is 14.5 Å². The van der Waals surface area contributed by atoms with Gasteiger partial charge in [-0.1, -0.05) is 105 Å². The van der Waals surface area contributed by atoms with Gasteiger partial charge in [-0.25, -0.2) is 4.98 Å². The third kappa shape index (κ3) is 5.86. The van der Waals surface area contributed by atoms with Gasteiger partial charge in [0.1, 0.15) is 11.6 Å². The molecule has 0 bridgehead atoms. The summed E-state index contributed by atoms with van der Waals surface area (Å²) in [7, 11) is 0. The van der Waals surface area contributed by atoms with E-state index in [0.29, 0.717) is 11.4 Å². The van der Waals surface area contributed by atoms with Gasteiger partial charge in [-0.15, -0.1) is 29.8 Å². The molecule has 7 aromatic rings. The van der Waals surface area contributed by atoms with E-state index >= 15 is 0 Å². The maximum atomic E-state index is 11.5. The summed E-state index contributed by atoms with van der Waals surface area (Å²) in [5.74, 6) is 0.858. The van der Waals surface area contributed by atoms with Crippen molar-refractivity contribution in [2.45, 2.75) is 26.2 Å². The minimum atomic E-state index is -0.118. The van der Waals surface area contributed by atoms with Crippen LogP contribution in [0.5, 0.6) is 5.75 Å². The van der Waals surface area contributed by atoms with Crippen LogP contribution in [0, 0.1) is 6.07 Å². The summed E-state index contributed by atoms with van der Waals surface area (Å²) in [6.07, 6.45) is 1.80. The predicted octanol–water partition coefficient (Wildman–Crippen LogP) is 9.89. The Morgan fingerprint density at radius 2 is 1.38 bits per heavy atom. The second-order valence-electron chi connectivity index (χ2n) is 12.0. The number of aromatic nitrogens is 3. The van der Waals surface area contributed by atoms with Crippen molar-refractivity contribution in [1.29, 1.82) is 0 Å². The molecule has 4 nitrogen and oxygen atoms in total. The fourth-order valence-corrected chi connectivity index (χ4v) is 5.66. The standard InChI is InChI=1S/C40H32N3O.Pt/c1-40(2,3)31-25-34(29-15-12-16-30(23-29)35-19-10-11-22-41-35)38-36(26-31)43(32-17-8-5-9-18-32)39(42-38)33-21-20-28(24-37(33)44)27-13-6-4-7-14-27;/h4-22,24-26,44H,1-3H3;/q-1;. The average molecular weight is 766 g/mol. The number of hydrogen-bond donors (Lipinski definition) is 1. The molecule has 0 amide bonds. The van der Waals surface area contributed by atoms with Crippen molar-refractivity contribution >= 4 is 11.0 Å². The molecule has 2 heterocycles. The average Bonchev–Trinajstić information content (AvgIpc) is 3.44. The van der Waals surface area contributed by atoms with Crippen LogP contribution in [-0.4, -0.2) is 19.6 Å². The fraction of sp³-hybridized carbons (Fsp3) is 0.100. The van der Waals surface area contributed by atoms with E-state index in [4.69, 9.17) is 4.98 Å². The molecule has 0 unspecified atom stereocenters. The van der Waals surface area contributed by atoms with Gasteiger partial charge in [0.15, 0.2) is 0 Å². The molecular formula is C40H32N3OPt-. The maximum Gasteiger partial charge on any atom is 0.148 e. The minimum absolute atomic E-state index is 0. The third-order valence-corrected chi connectivity index (χ3v) is 8.01. The first-order valence-corrected chi connectivity index (χ1v) is 14.8. The van der Waals surface area contributed by atoms with Crippen LogP contribution >= 0.6 is 0 Å². The summed E-state index contributed by atoms with van der Waals surface area (Å²) in [5.41, 5.74) is 10.2. The number of imidazole rings is 1. The second-order valence-corrected chi connectivity index (χ2v) is 12.0. The zero-order valence-corrected chi connectivity index (χ0v) is 27.6. The van der Waals surface area contributed by atoms with Crippen molar-refractivity contribution in [2.24, 2.45) is 0 Å². The van der Waals surface area contributed by atoms with E-state index in [1.54, 1.807) is 6.20 Å². The topological polar surface area (TPSA) is 50.9 Å². The predicted molar refractivity (Wildman–Crippen MR) is 180 cm³/mol. The zero-order valence-electron chi connectivity index (χ0n) is 25.3. The van der Waals surface area contributed by atoms with Crippen molar-refractivity contribution in [3.63, 3.8) is 0 Å². The molecule has 7 rings (SSSR count). The third-order valence-electron chi connectivity index (χ3n) is 8.01. The van der Waals surface area contributed by atoms with Crippen LogP contribution in [0.1, 0.15) is 26.3 Å². The van der Waals surface area contributed by atoms with Gasteiger partial charge < -0.3 is 5.11 Å². The Balaban J connectivity index is 0.00000357. The van der Waals surface area contributed by atoms with Crippen LogP contribution < -0.4 is 0 Å². The van der Waals surface area contributed by atoms with Crippen molar-refractivity contribution in [3.8, 4) is 56.3 Å². The van der Waals surface area contributed by atoms with Crippen molar-refractivity contribution in [2.75, 3.05) is 0 Å². The zero-order chi connectivity index (χ0) is 30.3. The van der Waals surface area contributed by atoms with Crippen LogP contribution in [0.4, 0.5) is 0 Å². The number of aromatic hydroxyl groups is 1. The molecule has 0 atom stereocenters. The molecule has 224 valence electrons. The molecule has 2 aromatic heterocycles. The fourth-order valence-electron chi connectivity index (χ4n) is 5.66. The molecule has 0 saturated heterocycles. The Kier molecular flexibility index (Phi) is 8.27. The Morgan fingerprint density at radius 3 is 2.07 bits per heavy atom. The van der Waals surface area contributed by atoms with Gasteiger partial charge in [0.2, 0.25) is 0 Å². The molecule has 0 aliphatic carbocycles. The molecule has 0 spiro atoms. The Hall–Kier alpha value is -4.79. The molecule has 0 aliphatic rings. The molecule has 0 radical (unpaired) electrons. The molecule has 0 aliphatic heterocycles. The number of benzene rings is 5. The van der Waals surface area contributed by atoms with E-state index in [2.05, 4.69) is 72.8 Å². The minimum Gasteiger partial charge on any atom is -0.507 e. The van der Waals surface area contributed by atoms with Gasteiger partial charge >= 0.3 is 0 Å². The molecular weight excluding hydrogens is 734 g/mol. The number of phenols is 1. The molecule has 45 heavy (non-hydrogen) atoms. The maximum absolute atomic E-state index is 11.5. The summed E-state index contributed by atoms with van der Waals surface area (Å²) in [6.45, 7) is 6.68. The van der Waals surface area contributed by atoms with Crippen LogP contribution in [0.25, 0.3) is 61.6 Å².